The third-order valence-electron chi connectivity index (χ3n) is 3.39. The van der Waals surface area contributed by atoms with Crippen LogP contribution in [-0.2, 0) is 11.2 Å². The number of halogens is 1. The summed E-state index contributed by atoms with van der Waals surface area (Å²) in [6.07, 6.45) is -0.357. The van der Waals surface area contributed by atoms with Gasteiger partial charge in [-0.15, -0.1) is 0 Å². The highest BCUT2D eigenvalue weighted by Crippen LogP contribution is 2.23. The molecule has 20 heavy (non-hydrogen) atoms. The van der Waals surface area contributed by atoms with Crippen molar-refractivity contribution in [2.45, 2.75) is 33.2 Å². The summed E-state index contributed by atoms with van der Waals surface area (Å²) in [5.41, 5.74) is 0.546. The third kappa shape index (κ3) is 2.19. The fourth-order valence-corrected chi connectivity index (χ4v) is 2.59. The monoisotopic (exact) mass is 277 g/mol. The number of carbonyl (C=O) groups is 1. The van der Waals surface area contributed by atoms with E-state index in [0.717, 1.165) is 0 Å². The van der Waals surface area contributed by atoms with E-state index < -0.39 is 17.2 Å². The molecule has 0 aliphatic carbocycles. The van der Waals surface area contributed by atoms with Gasteiger partial charge in [-0.1, -0.05) is 6.07 Å². The molecule has 0 aliphatic heterocycles. The molecule has 0 radical (unpaired) electrons. The molecule has 0 atom stereocenters. The maximum atomic E-state index is 14.1. The molecule has 5 heteroatoms. The van der Waals surface area contributed by atoms with Crippen LogP contribution < -0.4 is 5.43 Å². The van der Waals surface area contributed by atoms with Crippen LogP contribution in [0.2, 0.25) is 0 Å². The Bertz CT molecular complexity index is 747. The van der Waals surface area contributed by atoms with Gasteiger partial charge in [0.25, 0.3) is 0 Å². The first-order valence-electron chi connectivity index (χ1n) is 6.38. The van der Waals surface area contributed by atoms with Gasteiger partial charge < -0.3 is 9.67 Å². The minimum Gasteiger partial charge on any atom is -0.481 e. The number of benzene rings is 1. The SMILES string of the molecule is Cc1c(CC(=O)O)c(=O)c2cccc(F)c2n1C(C)C. The van der Waals surface area contributed by atoms with Gasteiger partial charge >= 0.3 is 5.97 Å². The predicted octanol–water partition coefficient (Wildman–Crippen LogP) is 2.66. The van der Waals surface area contributed by atoms with Crippen LogP contribution in [0.4, 0.5) is 4.39 Å². The van der Waals surface area contributed by atoms with Gasteiger partial charge in [0.1, 0.15) is 5.82 Å². The molecule has 0 saturated heterocycles. The number of fused-ring (bicyclic) bond motifs is 1. The molecule has 0 fully saturated rings. The van der Waals surface area contributed by atoms with Crippen LogP contribution in [0.15, 0.2) is 23.0 Å². The standard InChI is InChI=1S/C15H16FNO3/c1-8(2)17-9(3)11(7-13(18)19)15(20)10-5-4-6-12(16)14(10)17/h4-6,8H,7H2,1-3H3,(H,18,19). The smallest absolute Gasteiger partial charge is 0.308 e. The second-order valence-electron chi connectivity index (χ2n) is 5.06. The Kier molecular flexibility index (Phi) is 3.61. The lowest BCUT2D eigenvalue weighted by atomic mass is 10.0. The van der Waals surface area contributed by atoms with Crippen LogP contribution in [0, 0.1) is 12.7 Å². The minimum absolute atomic E-state index is 0.0810. The van der Waals surface area contributed by atoms with Crippen molar-refractivity contribution in [1.29, 1.82) is 0 Å². The highest BCUT2D eigenvalue weighted by Gasteiger charge is 2.19. The molecule has 0 unspecified atom stereocenters. The predicted molar refractivity (Wildman–Crippen MR) is 74.6 cm³/mol. The maximum absolute atomic E-state index is 14.1. The van der Waals surface area contributed by atoms with Gasteiger partial charge in [0.2, 0.25) is 0 Å². The van der Waals surface area contributed by atoms with Crippen LogP contribution in [0.3, 0.4) is 0 Å². The molecule has 0 saturated carbocycles. The fourth-order valence-electron chi connectivity index (χ4n) is 2.59. The number of hydrogen-bond acceptors (Lipinski definition) is 2. The zero-order valence-corrected chi connectivity index (χ0v) is 11.6. The molecule has 106 valence electrons. The Morgan fingerprint density at radius 2 is 2.05 bits per heavy atom. The zero-order chi connectivity index (χ0) is 15.0. The van der Waals surface area contributed by atoms with Gasteiger partial charge in [-0.2, -0.15) is 0 Å². The molecule has 1 heterocycles. The van der Waals surface area contributed by atoms with Crippen molar-refractivity contribution in [3.05, 3.63) is 45.5 Å². The Balaban J connectivity index is 2.99. The summed E-state index contributed by atoms with van der Waals surface area (Å²) >= 11 is 0. The van der Waals surface area contributed by atoms with E-state index in [0.29, 0.717) is 5.69 Å². The summed E-state index contributed by atoms with van der Waals surface area (Å²) in [6, 6.07) is 4.22. The molecule has 0 spiro atoms. The number of pyridine rings is 1. The van der Waals surface area contributed by atoms with E-state index in [4.69, 9.17) is 5.11 Å². The highest BCUT2D eigenvalue weighted by atomic mass is 19.1. The summed E-state index contributed by atoms with van der Waals surface area (Å²) in [5.74, 6) is -1.55. The summed E-state index contributed by atoms with van der Waals surface area (Å²) in [5, 5.41) is 9.17. The van der Waals surface area contributed by atoms with Crippen molar-refractivity contribution < 1.29 is 14.3 Å². The number of carboxylic acids is 1. The van der Waals surface area contributed by atoms with E-state index >= 15 is 0 Å². The van der Waals surface area contributed by atoms with E-state index in [-0.39, 0.29) is 28.9 Å². The van der Waals surface area contributed by atoms with E-state index in [1.165, 1.54) is 18.2 Å². The molecule has 2 rings (SSSR count). The largest absolute Gasteiger partial charge is 0.481 e. The molecule has 2 aromatic rings. The lowest BCUT2D eigenvalue weighted by Crippen LogP contribution is -2.23. The number of carboxylic acid groups (broad SMARTS) is 1. The molecule has 1 aromatic carbocycles. The minimum atomic E-state index is -1.07. The van der Waals surface area contributed by atoms with Gasteiger partial charge in [-0.25, -0.2) is 4.39 Å². The van der Waals surface area contributed by atoms with Crippen molar-refractivity contribution in [1.82, 2.24) is 4.57 Å². The van der Waals surface area contributed by atoms with E-state index in [2.05, 4.69) is 0 Å². The quantitative estimate of drug-likeness (QED) is 0.938. The molecular formula is C15H16FNO3. The van der Waals surface area contributed by atoms with Gasteiger partial charge in [0, 0.05) is 22.7 Å². The van der Waals surface area contributed by atoms with Crippen molar-refractivity contribution in [2.24, 2.45) is 0 Å². The Morgan fingerprint density at radius 3 is 2.60 bits per heavy atom. The molecular weight excluding hydrogens is 261 g/mol. The average molecular weight is 277 g/mol. The first-order valence-corrected chi connectivity index (χ1v) is 6.38. The Labute approximate surface area is 115 Å². The Morgan fingerprint density at radius 1 is 1.40 bits per heavy atom. The lowest BCUT2D eigenvalue weighted by molar-refractivity contribution is -0.136. The number of hydrogen-bond donors (Lipinski definition) is 1. The second kappa shape index (κ2) is 5.07. The Hall–Kier alpha value is -2.17. The van der Waals surface area contributed by atoms with Gasteiger partial charge in [0.05, 0.1) is 11.9 Å². The molecule has 1 N–H and O–H groups in total. The van der Waals surface area contributed by atoms with E-state index in [9.17, 15) is 14.0 Å². The van der Waals surface area contributed by atoms with Crippen LogP contribution in [-0.4, -0.2) is 15.6 Å². The third-order valence-corrected chi connectivity index (χ3v) is 3.39. The summed E-state index contributed by atoms with van der Waals surface area (Å²) in [4.78, 5) is 23.3. The van der Waals surface area contributed by atoms with Crippen LogP contribution in [0.25, 0.3) is 10.9 Å². The first kappa shape index (κ1) is 14.2. The highest BCUT2D eigenvalue weighted by molar-refractivity contribution is 5.82. The van der Waals surface area contributed by atoms with Gasteiger partial charge in [-0.3, -0.25) is 9.59 Å². The molecule has 0 amide bonds. The first-order chi connectivity index (χ1) is 9.34. The van der Waals surface area contributed by atoms with Gasteiger partial charge in [0.15, 0.2) is 5.43 Å². The normalized spacial score (nSPS) is 11.2. The van der Waals surface area contributed by atoms with Crippen molar-refractivity contribution in [3.8, 4) is 0 Å². The average Bonchev–Trinajstić information content (AvgIpc) is 2.35. The number of aromatic nitrogens is 1. The number of para-hydroxylation sites is 1. The molecule has 0 bridgehead atoms. The summed E-state index contributed by atoms with van der Waals surface area (Å²) < 4.78 is 15.8. The van der Waals surface area contributed by atoms with Crippen molar-refractivity contribution >= 4 is 16.9 Å². The second-order valence-corrected chi connectivity index (χ2v) is 5.06. The maximum Gasteiger partial charge on any atom is 0.308 e. The number of nitrogens with zero attached hydrogens (tertiary/aromatic N) is 1. The lowest BCUT2D eigenvalue weighted by Gasteiger charge is -2.21. The van der Waals surface area contributed by atoms with Crippen molar-refractivity contribution in [2.75, 3.05) is 0 Å². The summed E-state index contributed by atoms with van der Waals surface area (Å²) in [7, 11) is 0. The van der Waals surface area contributed by atoms with Crippen molar-refractivity contribution in [3.63, 3.8) is 0 Å². The molecule has 1 aromatic heterocycles. The number of rotatable bonds is 3. The zero-order valence-electron chi connectivity index (χ0n) is 11.6. The van der Waals surface area contributed by atoms with Crippen LogP contribution >= 0.6 is 0 Å². The van der Waals surface area contributed by atoms with Gasteiger partial charge in [-0.05, 0) is 32.9 Å². The molecule has 0 aliphatic rings. The molecule has 4 nitrogen and oxygen atoms in total. The number of aliphatic carboxylic acids is 1. The van der Waals surface area contributed by atoms with Crippen LogP contribution in [0.1, 0.15) is 31.1 Å². The van der Waals surface area contributed by atoms with E-state index in [1.807, 2.05) is 13.8 Å². The topological polar surface area (TPSA) is 59.3 Å². The van der Waals surface area contributed by atoms with Crippen LogP contribution in [0.5, 0.6) is 0 Å². The summed E-state index contributed by atoms with van der Waals surface area (Å²) in [6.45, 7) is 5.40. The fraction of sp³-hybridized carbons (Fsp3) is 0.333. The van der Waals surface area contributed by atoms with E-state index in [1.54, 1.807) is 11.5 Å².